The third-order valence-electron chi connectivity index (χ3n) is 14.7. The summed E-state index contributed by atoms with van der Waals surface area (Å²) in [6, 6.07) is 41.3. The van der Waals surface area contributed by atoms with Crippen LogP contribution in [0.25, 0.3) is 21.3 Å². The van der Waals surface area contributed by atoms with Gasteiger partial charge in [0, 0.05) is 17.5 Å². The third kappa shape index (κ3) is 14.6. The van der Waals surface area contributed by atoms with Gasteiger partial charge in [0.15, 0.2) is 5.75 Å². The number of carbonyl (C=O) groups is 1. The van der Waals surface area contributed by atoms with E-state index in [1.54, 1.807) is 20.3 Å². The van der Waals surface area contributed by atoms with E-state index < -0.39 is 37.7 Å². The number of esters is 1. The summed E-state index contributed by atoms with van der Waals surface area (Å²) in [4.78, 5) is 24.7. The van der Waals surface area contributed by atoms with Crippen LogP contribution in [0.4, 0.5) is 0 Å². The Labute approximate surface area is 517 Å². The number of hydrogen-bond acceptors (Lipinski definition) is 13. The SMILES string of the molecule is C=CCOCC(COC(c1ccccc1)(c1ccc(OC)cc1)c1ccc(OC)cc1)Oc1c(Cl)c(C)c(-c2c(Br)sc3ncnc(OC(Cc4cc(O[Si](C)(C)C(C)(C)C)ccc4OCc4ccccc4)C(=O)OC(C)(C)C)c23)c(C)c1Cl. The molecular formula is C67H73BrCl2N2O10SSi. The highest BCUT2D eigenvalue weighted by Crippen LogP contribution is 2.52. The number of benzene rings is 6. The standard InChI is InChI=1S/C67H73BrCl2N2O10SSi/c1-14-35-76-39-52(40-78-67(46-23-19-16-20-24-46,47-25-29-49(74-10)30-26-47)48-27-31-50(75-11)32-28-48)79-60-58(69)42(2)55(43(3)59(60)70)56-57-62(71-41-72-63(57)83-61(56)68)80-54(64(73)81-65(4,5)6)37-45-36-51(82-84(12,13)66(7,8)9)33-34-53(45)77-38-44-21-17-15-18-22-44/h14-34,36,41,52,54H,1,35,37-40H2,2-13H3. The first-order chi connectivity index (χ1) is 40.0. The highest BCUT2D eigenvalue weighted by atomic mass is 79.9. The second-order valence-electron chi connectivity index (χ2n) is 22.8. The van der Waals surface area contributed by atoms with Crippen molar-refractivity contribution in [2.24, 2.45) is 0 Å². The molecule has 12 nitrogen and oxygen atoms in total. The summed E-state index contributed by atoms with van der Waals surface area (Å²) < 4.78 is 58.6. The first-order valence-electron chi connectivity index (χ1n) is 27.6. The van der Waals surface area contributed by atoms with Crippen LogP contribution in [0.5, 0.6) is 34.6 Å². The minimum Gasteiger partial charge on any atom is -0.543 e. The van der Waals surface area contributed by atoms with Gasteiger partial charge in [0.25, 0.3) is 0 Å². The zero-order valence-corrected chi connectivity index (χ0v) is 54.6. The Bertz CT molecular complexity index is 3480. The van der Waals surface area contributed by atoms with E-state index in [0.717, 1.165) is 22.3 Å². The zero-order chi connectivity index (χ0) is 60.6. The molecule has 0 aliphatic heterocycles. The maximum atomic E-state index is 14.6. The van der Waals surface area contributed by atoms with Gasteiger partial charge in [-0.25, -0.2) is 14.8 Å². The van der Waals surface area contributed by atoms with Crippen LogP contribution >= 0.6 is 50.5 Å². The Morgan fingerprint density at radius 1 is 0.738 bits per heavy atom. The lowest BCUT2D eigenvalue weighted by Gasteiger charge is -2.37. The van der Waals surface area contributed by atoms with E-state index in [9.17, 15) is 4.79 Å². The van der Waals surface area contributed by atoms with E-state index in [0.29, 0.717) is 71.4 Å². The van der Waals surface area contributed by atoms with E-state index in [-0.39, 0.29) is 53.0 Å². The second-order valence-corrected chi connectivity index (χ2v) is 30.6. The van der Waals surface area contributed by atoms with E-state index >= 15 is 0 Å². The molecule has 8 rings (SSSR count). The van der Waals surface area contributed by atoms with Crippen LogP contribution < -0.4 is 28.1 Å². The Balaban J connectivity index is 1.19. The lowest BCUT2D eigenvalue weighted by atomic mass is 9.80. The van der Waals surface area contributed by atoms with E-state index in [4.69, 9.17) is 75.5 Å². The molecule has 2 heterocycles. The molecule has 0 radical (unpaired) electrons. The number of ether oxygens (including phenoxy) is 8. The molecule has 0 aliphatic carbocycles. The molecule has 442 valence electrons. The average molecular weight is 1280 g/mol. The van der Waals surface area contributed by atoms with Crippen molar-refractivity contribution in [2.45, 2.75) is 110 Å². The molecule has 17 heteroatoms. The second kappa shape index (κ2) is 27.3. The summed E-state index contributed by atoms with van der Waals surface area (Å²) in [7, 11) is 0.972. The van der Waals surface area contributed by atoms with Crippen LogP contribution in [0.1, 0.15) is 80.5 Å². The molecule has 84 heavy (non-hydrogen) atoms. The molecule has 2 unspecified atom stereocenters. The summed E-state index contributed by atoms with van der Waals surface area (Å²) in [5.74, 6) is 2.41. The topological polar surface area (TPSA) is 126 Å². The van der Waals surface area contributed by atoms with Gasteiger partial charge in [-0.05, 0) is 150 Å². The summed E-state index contributed by atoms with van der Waals surface area (Å²) in [5, 5.41) is 0.972. The van der Waals surface area contributed by atoms with Gasteiger partial charge in [-0.3, -0.25) is 0 Å². The zero-order valence-electron chi connectivity index (χ0n) is 49.7. The number of carbonyl (C=O) groups excluding carboxylic acids is 1. The fraction of sp³-hybridized carbons (Fsp3) is 0.328. The van der Waals surface area contributed by atoms with Crippen molar-refractivity contribution >= 4 is 75.0 Å². The first kappa shape index (κ1) is 63.6. The van der Waals surface area contributed by atoms with Crippen LogP contribution in [-0.4, -0.2) is 76.1 Å². The van der Waals surface area contributed by atoms with Crippen molar-refractivity contribution in [1.29, 1.82) is 0 Å². The number of nitrogens with zero attached hydrogens (tertiary/aromatic N) is 2. The minimum absolute atomic E-state index is 0.00274. The molecule has 0 saturated carbocycles. The Morgan fingerprint density at radius 3 is 1.87 bits per heavy atom. The predicted octanol–water partition coefficient (Wildman–Crippen LogP) is 17.3. The van der Waals surface area contributed by atoms with E-state index in [2.05, 4.69) is 56.4 Å². The maximum Gasteiger partial charge on any atom is 0.348 e. The van der Waals surface area contributed by atoms with Crippen molar-refractivity contribution in [2.75, 3.05) is 34.0 Å². The first-order valence-corrected chi connectivity index (χ1v) is 32.9. The van der Waals surface area contributed by atoms with Gasteiger partial charge in [0.1, 0.15) is 58.1 Å². The van der Waals surface area contributed by atoms with Gasteiger partial charge in [0.05, 0.1) is 53.3 Å². The number of hydrogen-bond donors (Lipinski definition) is 0. The molecule has 0 spiro atoms. The van der Waals surface area contributed by atoms with Gasteiger partial charge in [-0.1, -0.05) is 135 Å². The van der Waals surface area contributed by atoms with Crippen molar-refractivity contribution in [3.8, 4) is 45.8 Å². The van der Waals surface area contributed by atoms with Gasteiger partial charge in [-0.2, -0.15) is 0 Å². The number of halogens is 3. The summed E-state index contributed by atoms with van der Waals surface area (Å²) >= 11 is 20.3. The van der Waals surface area contributed by atoms with Crippen molar-refractivity contribution < 1.29 is 47.1 Å². The van der Waals surface area contributed by atoms with E-state index in [1.165, 1.54) is 17.7 Å². The van der Waals surface area contributed by atoms with Crippen LogP contribution in [-0.2, 0) is 37.6 Å². The molecule has 0 saturated heterocycles. The molecule has 0 bridgehead atoms. The highest BCUT2D eigenvalue weighted by Gasteiger charge is 2.41. The van der Waals surface area contributed by atoms with Crippen LogP contribution in [0, 0.1) is 13.8 Å². The van der Waals surface area contributed by atoms with Crippen LogP contribution in [0.2, 0.25) is 28.2 Å². The Kier molecular flexibility index (Phi) is 20.7. The monoisotopic (exact) mass is 1270 g/mol. The van der Waals surface area contributed by atoms with Gasteiger partial charge < -0.3 is 42.3 Å². The fourth-order valence-corrected chi connectivity index (χ4v) is 12.7. The summed E-state index contributed by atoms with van der Waals surface area (Å²) in [6.07, 6.45) is 1.14. The fourth-order valence-electron chi connectivity index (χ4n) is 9.44. The normalized spacial score (nSPS) is 12.8. The number of aromatic nitrogens is 2. The molecule has 0 amide bonds. The molecule has 8 aromatic rings. The summed E-state index contributed by atoms with van der Waals surface area (Å²) in [6.45, 7) is 24.7. The van der Waals surface area contributed by atoms with E-state index in [1.807, 2.05) is 162 Å². The average Bonchev–Trinajstić information content (AvgIpc) is 1.55. The molecule has 2 aromatic heterocycles. The Morgan fingerprint density at radius 2 is 1.31 bits per heavy atom. The third-order valence-corrected chi connectivity index (χ3v) is 21.8. The van der Waals surface area contributed by atoms with Gasteiger partial charge in [0.2, 0.25) is 20.3 Å². The lowest BCUT2D eigenvalue weighted by Crippen LogP contribution is -2.43. The number of methoxy groups -OCH3 is 2. The molecular weight excluding hydrogens is 1200 g/mol. The maximum absolute atomic E-state index is 14.6. The largest absolute Gasteiger partial charge is 0.543 e. The number of rotatable bonds is 25. The molecule has 6 aromatic carbocycles. The molecule has 0 N–H and O–H groups in total. The molecule has 0 fully saturated rings. The molecule has 2 atom stereocenters. The van der Waals surface area contributed by atoms with Crippen molar-refractivity contribution in [1.82, 2.24) is 9.97 Å². The highest BCUT2D eigenvalue weighted by molar-refractivity contribution is 9.11. The van der Waals surface area contributed by atoms with Crippen molar-refractivity contribution in [3.05, 3.63) is 199 Å². The van der Waals surface area contributed by atoms with Crippen LogP contribution in [0.15, 0.2) is 150 Å². The number of thiophene rings is 1. The quantitative estimate of drug-likeness (QED) is 0.0178. The molecule has 0 aliphatic rings. The lowest BCUT2D eigenvalue weighted by molar-refractivity contribution is -0.163. The predicted molar refractivity (Wildman–Crippen MR) is 343 cm³/mol. The van der Waals surface area contributed by atoms with Crippen molar-refractivity contribution in [3.63, 3.8) is 0 Å². The number of fused-ring (bicyclic) bond motifs is 1. The smallest absolute Gasteiger partial charge is 0.348 e. The Hall–Kier alpha value is -6.43. The summed E-state index contributed by atoms with van der Waals surface area (Å²) in [5.41, 5.74) is 4.84. The minimum atomic E-state index is -2.30. The van der Waals surface area contributed by atoms with Gasteiger partial charge >= 0.3 is 5.97 Å². The van der Waals surface area contributed by atoms with Gasteiger partial charge in [-0.15, -0.1) is 17.9 Å². The van der Waals surface area contributed by atoms with Crippen LogP contribution in [0.3, 0.4) is 0 Å².